The highest BCUT2D eigenvalue weighted by Crippen LogP contribution is 2.43. The molecule has 0 spiro atoms. The van der Waals surface area contributed by atoms with Crippen LogP contribution in [0.15, 0.2) is 35.7 Å². The Morgan fingerprint density at radius 3 is 0.824 bits per heavy atom. The number of aromatic amines is 2. The first-order valence-electron chi connectivity index (χ1n) is 19.3. The van der Waals surface area contributed by atoms with Gasteiger partial charge in [-0.3, -0.25) is 0 Å². The van der Waals surface area contributed by atoms with Crippen molar-refractivity contribution in [2.45, 2.75) is 37.8 Å². The molecular weight excluding hydrogens is 964 g/mol. The van der Waals surface area contributed by atoms with Crippen LogP contribution in [-0.2, 0) is 0 Å². The summed E-state index contributed by atoms with van der Waals surface area (Å²) in [6, 6.07) is -0.796. The van der Waals surface area contributed by atoms with Crippen molar-refractivity contribution in [3.8, 4) is 0 Å². The van der Waals surface area contributed by atoms with Crippen molar-refractivity contribution in [2.75, 3.05) is 0 Å². The Morgan fingerprint density at radius 1 is 0.294 bits per heavy atom. The first kappa shape index (κ1) is 46.0. The maximum absolute atomic E-state index is 15.9. The Balaban J connectivity index is 1.47. The number of halogens is 20. The fourth-order valence-electron chi connectivity index (χ4n) is 8.73. The van der Waals surface area contributed by atoms with Crippen LogP contribution in [0, 0.1) is 116 Å². The number of nitrogens with one attached hydrogen (secondary N) is 4. The van der Waals surface area contributed by atoms with Crippen molar-refractivity contribution < 1.29 is 87.8 Å². The third-order valence-corrected chi connectivity index (χ3v) is 11.7. The summed E-state index contributed by atoms with van der Waals surface area (Å²) in [5.41, 5.74) is -14.0. The number of H-pyrrole nitrogens is 2. The van der Waals surface area contributed by atoms with Crippen LogP contribution in [0.5, 0.6) is 0 Å². The molecule has 5 heterocycles. The van der Waals surface area contributed by atoms with Gasteiger partial charge in [0.1, 0.15) is 0 Å². The molecule has 24 heteroatoms. The average molecular weight is 983 g/mol. The molecule has 3 aliphatic rings. The summed E-state index contributed by atoms with van der Waals surface area (Å²) >= 11 is 0. The first-order chi connectivity index (χ1) is 32.1. The van der Waals surface area contributed by atoms with Crippen molar-refractivity contribution in [3.63, 3.8) is 0 Å². The fourth-order valence-corrected chi connectivity index (χ4v) is 8.73. The fraction of sp³-hybridized carbons (Fsp3) is 0.136. The summed E-state index contributed by atoms with van der Waals surface area (Å²) in [5.74, 6) is -51.2. The third-order valence-electron chi connectivity index (χ3n) is 11.7. The number of hydrogen-bond acceptors (Lipinski definition) is 2. The maximum Gasteiger partial charge on any atom is 0.200 e. The van der Waals surface area contributed by atoms with Crippen molar-refractivity contribution in [2.24, 2.45) is 0 Å². The number of rotatable bonds is 4. The zero-order valence-electron chi connectivity index (χ0n) is 32.9. The van der Waals surface area contributed by atoms with Crippen molar-refractivity contribution in [3.05, 3.63) is 196 Å². The number of benzene rings is 4. The SMILES string of the molecule is Fc1c(F)c(F)c(C2=C3CCC(N3)C(c3c(F)c(F)c(F)c(F)c3F)=c3ccc([nH]3)=C(c3c(F)c(F)c(F)c(F)c3F)C3CCC(=C(c4c(F)c(F)c(F)c(F)c4F)c4ccc2[nH]4)N3)c(F)c1F. The van der Waals surface area contributed by atoms with Gasteiger partial charge in [0.25, 0.3) is 0 Å². The van der Waals surface area contributed by atoms with Gasteiger partial charge in [0.05, 0.1) is 34.3 Å². The monoisotopic (exact) mass is 982 g/mol. The molecule has 8 bridgehead atoms. The molecule has 68 heavy (non-hydrogen) atoms. The molecule has 4 N–H and O–H groups in total. The Labute approximate surface area is 364 Å². The van der Waals surface area contributed by atoms with Crippen molar-refractivity contribution in [1.82, 2.24) is 20.6 Å². The van der Waals surface area contributed by atoms with Crippen LogP contribution in [0.25, 0.3) is 22.3 Å². The van der Waals surface area contributed by atoms with Crippen LogP contribution >= 0.6 is 0 Å². The van der Waals surface area contributed by atoms with E-state index in [2.05, 4.69) is 20.6 Å². The molecule has 2 saturated heterocycles. The van der Waals surface area contributed by atoms with E-state index >= 15 is 35.1 Å². The van der Waals surface area contributed by atoms with E-state index in [1.165, 1.54) is 0 Å². The van der Waals surface area contributed by atoms with Gasteiger partial charge in [0.15, 0.2) is 93.1 Å². The van der Waals surface area contributed by atoms with Gasteiger partial charge in [-0.1, -0.05) is 0 Å². The number of aromatic nitrogens is 2. The minimum Gasteiger partial charge on any atom is -0.381 e. The molecule has 0 radical (unpaired) electrons. The molecule has 354 valence electrons. The smallest absolute Gasteiger partial charge is 0.200 e. The molecule has 0 saturated carbocycles. The van der Waals surface area contributed by atoms with E-state index in [9.17, 15) is 52.7 Å². The lowest BCUT2D eigenvalue weighted by Gasteiger charge is -2.21. The highest BCUT2D eigenvalue weighted by atomic mass is 19.2. The van der Waals surface area contributed by atoms with E-state index in [-0.39, 0.29) is 0 Å². The summed E-state index contributed by atoms with van der Waals surface area (Å²) < 4.78 is 304. The largest absolute Gasteiger partial charge is 0.381 e. The Bertz CT molecular complexity index is 3100. The lowest BCUT2D eigenvalue weighted by Crippen LogP contribution is -2.33. The van der Waals surface area contributed by atoms with Crippen molar-refractivity contribution in [1.29, 1.82) is 0 Å². The van der Waals surface area contributed by atoms with Gasteiger partial charge < -0.3 is 20.6 Å². The van der Waals surface area contributed by atoms with Gasteiger partial charge in [-0.25, -0.2) is 87.8 Å². The summed E-state index contributed by atoms with van der Waals surface area (Å²) in [5, 5.41) is 3.42. The van der Waals surface area contributed by atoms with E-state index in [0.29, 0.717) is 0 Å². The van der Waals surface area contributed by atoms with Crippen LogP contribution in [0.1, 0.15) is 59.3 Å². The molecule has 2 aromatic heterocycles. The highest BCUT2D eigenvalue weighted by Gasteiger charge is 2.40. The van der Waals surface area contributed by atoms with Crippen LogP contribution in [0.4, 0.5) is 87.8 Å². The molecule has 9 rings (SSSR count). The summed E-state index contributed by atoms with van der Waals surface area (Å²) in [7, 11) is 0. The van der Waals surface area contributed by atoms with Gasteiger partial charge in [-0.15, -0.1) is 0 Å². The number of allylic oxidation sites excluding steroid dienone is 2. The lowest BCUT2D eigenvalue weighted by atomic mass is 9.95. The van der Waals surface area contributed by atoms with Gasteiger partial charge in [-0.05, 0) is 49.9 Å². The Kier molecular flexibility index (Phi) is 11.0. The molecule has 6 aromatic rings. The predicted molar refractivity (Wildman–Crippen MR) is 195 cm³/mol. The van der Waals surface area contributed by atoms with E-state index in [0.717, 1.165) is 24.3 Å². The van der Waals surface area contributed by atoms with Crippen LogP contribution in [-0.4, -0.2) is 22.1 Å². The van der Waals surface area contributed by atoms with E-state index < -0.39 is 232 Å². The zero-order chi connectivity index (χ0) is 49.3. The minimum atomic E-state index is -2.67. The number of fused-ring (bicyclic) bond motifs is 8. The van der Waals surface area contributed by atoms with E-state index in [1.54, 1.807) is 0 Å². The van der Waals surface area contributed by atoms with Crippen molar-refractivity contribution >= 4 is 22.3 Å². The highest BCUT2D eigenvalue weighted by molar-refractivity contribution is 5.87. The summed E-state index contributed by atoms with van der Waals surface area (Å²) in [6.07, 6.45) is -2.75. The number of hydrogen-bond donors (Lipinski definition) is 4. The van der Waals surface area contributed by atoms with E-state index in [4.69, 9.17) is 0 Å². The minimum absolute atomic E-state index is 0.662. The van der Waals surface area contributed by atoms with Gasteiger partial charge in [-0.2, -0.15) is 0 Å². The third kappa shape index (κ3) is 6.59. The molecule has 2 fully saturated rings. The summed E-state index contributed by atoms with van der Waals surface area (Å²) in [6.45, 7) is 0. The van der Waals surface area contributed by atoms with Crippen LogP contribution < -0.4 is 21.3 Å². The second kappa shape index (κ2) is 16.3. The van der Waals surface area contributed by atoms with Crippen LogP contribution in [0.3, 0.4) is 0 Å². The second-order valence-electron chi connectivity index (χ2n) is 15.4. The standard InChI is InChI=1S/C44H18F20N4/c45-25-21(26(46)34(54)41(61)33(25)53)17-9-1-2-10(65-9)18(22-27(47)35(55)42(62)36(56)28(22)48)12-5-6-14(67-12)20(24-31(51)39(59)44(64)40(60)32(24)52)16-8-7-15(68-16)19(13-4-3-11(17)66-13)23-29(49)37(57)43(63)38(58)30(23)50/h1-2,7-8,11-12,65-68H,3-6H2. The van der Waals surface area contributed by atoms with Gasteiger partial charge >= 0.3 is 0 Å². The normalized spacial score (nSPS) is 17.2. The maximum atomic E-state index is 15.9. The molecular formula is C44H18F20N4. The van der Waals surface area contributed by atoms with Gasteiger partial charge in [0, 0.05) is 55.8 Å². The molecule has 0 amide bonds. The predicted octanol–water partition coefficient (Wildman–Crippen LogP) is 10.3. The molecule has 4 nitrogen and oxygen atoms in total. The second-order valence-corrected chi connectivity index (χ2v) is 15.4. The van der Waals surface area contributed by atoms with Gasteiger partial charge in [0.2, 0.25) is 23.3 Å². The molecule has 2 unspecified atom stereocenters. The molecule has 0 aliphatic carbocycles. The first-order valence-corrected chi connectivity index (χ1v) is 19.3. The zero-order valence-corrected chi connectivity index (χ0v) is 32.9. The Morgan fingerprint density at radius 2 is 0.544 bits per heavy atom. The quantitative estimate of drug-likeness (QED) is 0.0809. The Hall–Kier alpha value is -7.14. The van der Waals surface area contributed by atoms with E-state index in [1.807, 2.05) is 0 Å². The molecule has 3 aliphatic heterocycles. The summed E-state index contributed by atoms with van der Waals surface area (Å²) in [4.78, 5) is 4.74. The van der Waals surface area contributed by atoms with Crippen LogP contribution in [0.2, 0.25) is 0 Å². The lowest BCUT2D eigenvalue weighted by molar-refractivity contribution is 0.375. The topological polar surface area (TPSA) is 55.6 Å². The molecule has 4 aromatic carbocycles. The molecule has 2 atom stereocenters. The average Bonchev–Trinajstić information content (AvgIpc) is 4.18.